The molecule has 0 aliphatic carbocycles. The van der Waals surface area contributed by atoms with Gasteiger partial charge in [0.25, 0.3) is 0 Å². The molecular weight excluding hydrogens is 518 g/mol. The number of fused-ring (bicyclic) bond motifs is 1. The van der Waals surface area contributed by atoms with Crippen molar-refractivity contribution in [2.24, 2.45) is 0 Å². The van der Waals surface area contributed by atoms with Gasteiger partial charge in [0, 0.05) is 11.8 Å². The van der Waals surface area contributed by atoms with Gasteiger partial charge in [0.05, 0.1) is 23.5 Å². The van der Waals surface area contributed by atoms with Gasteiger partial charge in [-0.1, -0.05) is 25.1 Å². The number of rotatable bonds is 11. The second-order valence-corrected chi connectivity index (χ2v) is 10.6. The zero-order valence-corrected chi connectivity index (χ0v) is 21.8. The molecule has 1 aliphatic heterocycles. The molecule has 4 rings (SSSR count). The molecule has 4 N–H and O–H groups in total. The van der Waals surface area contributed by atoms with Crippen LogP contribution in [0.3, 0.4) is 0 Å². The highest BCUT2D eigenvalue weighted by Gasteiger charge is 2.21. The molecule has 12 heteroatoms. The van der Waals surface area contributed by atoms with Crippen LogP contribution in [0, 0.1) is 0 Å². The Morgan fingerprint density at radius 2 is 1.86 bits per heavy atom. The number of ether oxygens (including phenoxy) is 2. The van der Waals surface area contributed by atoms with Crippen molar-refractivity contribution in [1.82, 2.24) is 10.3 Å². The largest absolute Gasteiger partial charge is 0.486 e. The summed E-state index contributed by atoms with van der Waals surface area (Å²) in [7, 11) is -4.36. The predicted molar refractivity (Wildman–Crippen MR) is 139 cm³/mol. The first-order valence-electron chi connectivity index (χ1n) is 11.9. The standard InChI is InChI=1S/C25H29N3O7S2/c1-2-18-15-36-25(26-18)20(13-16-3-6-19(7-4-16)28-37(31,32)33)27-24(30)10-8-21(29)17-5-9-22-23(14-17)35-12-11-34-22/h3-7,9,14-15,20-21,28-29H,2,8,10-13H2,1H3,(H,27,30)(H,31,32,33)/t20-,21-/m0/s1. The van der Waals surface area contributed by atoms with Gasteiger partial charge in [-0.15, -0.1) is 11.3 Å². The predicted octanol–water partition coefficient (Wildman–Crippen LogP) is 3.61. The summed E-state index contributed by atoms with van der Waals surface area (Å²) >= 11 is 1.46. The molecule has 2 atom stereocenters. The minimum Gasteiger partial charge on any atom is -0.486 e. The quantitative estimate of drug-likeness (QED) is 0.266. The van der Waals surface area contributed by atoms with E-state index in [1.165, 1.54) is 23.5 Å². The van der Waals surface area contributed by atoms with Gasteiger partial charge < -0.3 is 19.9 Å². The summed E-state index contributed by atoms with van der Waals surface area (Å²) in [4.78, 5) is 17.5. The Balaban J connectivity index is 1.40. The molecule has 37 heavy (non-hydrogen) atoms. The molecule has 1 aliphatic rings. The zero-order valence-electron chi connectivity index (χ0n) is 20.2. The van der Waals surface area contributed by atoms with E-state index in [0.29, 0.717) is 36.7 Å². The maximum atomic E-state index is 12.9. The SMILES string of the molecule is CCc1csc([C@H](Cc2ccc(NS(=O)(=O)O)cc2)NC(=O)CC[C@H](O)c2ccc3c(c2)OCCO3)n1. The van der Waals surface area contributed by atoms with Gasteiger partial charge in [-0.2, -0.15) is 8.42 Å². The summed E-state index contributed by atoms with van der Waals surface area (Å²) in [6, 6.07) is 11.4. The summed E-state index contributed by atoms with van der Waals surface area (Å²) < 4.78 is 44.1. The Kier molecular flexibility index (Phi) is 8.64. The molecular formula is C25H29N3O7S2. The van der Waals surface area contributed by atoms with Crippen LogP contribution in [0.1, 0.15) is 53.7 Å². The number of benzene rings is 2. The number of hydrogen-bond acceptors (Lipinski definition) is 8. The van der Waals surface area contributed by atoms with Crippen molar-refractivity contribution in [2.75, 3.05) is 17.9 Å². The number of hydrogen-bond donors (Lipinski definition) is 4. The van der Waals surface area contributed by atoms with E-state index in [0.717, 1.165) is 22.7 Å². The lowest BCUT2D eigenvalue weighted by Crippen LogP contribution is -2.30. The molecule has 0 saturated heterocycles. The number of aliphatic hydroxyl groups excluding tert-OH is 1. The van der Waals surface area contributed by atoms with Gasteiger partial charge in [-0.05, 0) is 54.7 Å². The van der Waals surface area contributed by atoms with Gasteiger partial charge in [0.2, 0.25) is 5.91 Å². The number of carbonyl (C=O) groups excluding carboxylic acids is 1. The van der Waals surface area contributed by atoms with E-state index < -0.39 is 22.4 Å². The fraction of sp³-hybridized carbons (Fsp3) is 0.360. The van der Waals surface area contributed by atoms with E-state index in [4.69, 9.17) is 14.0 Å². The van der Waals surface area contributed by atoms with Crippen molar-refractivity contribution in [3.8, 4) is 11.5 Å². The van der Waals surface area contributed by atoms with Crippen LogP contribution in [0.2, 0.25) is 0 Å². The molecule has 10 nitrogen and oxygen atoms in total. The van der Waals surface area contributed by atoms with Crippen LogP contribution in [-0.4, -0.2) is 42.2 Å². The maximum absolute atomic E-state index is 12.9. The third kappa shape index (κ3) is 7.65. The smallest absolute Gasteiger partial charge is 0.357 e. The molecule has 2 heterocycles. The highest BCUT2D eigenvalue weighted by molar-refractivity contribution is 7.87. The number of carbonyl (C=O) groups is 1. The topological polar surface area (TPSA) is 147 Å². The minimum atomic E-state index is -4.36. The van der Waals surface area contributed by atoms with Crippen molar-refractivity contribution in [1.29, 1.82) is 0 Å². The van der Waals surface area contributed by atoms with Crippen LogP contribution in [-0.2, 0) is 27.9 Å². The fourth-order valence-electron chi connectivity index (χ4n) is 3.91. The van der Waals surface area contributed by atoms with E-state index in [9.17, 15) is 18.3 Å². The Hall–Kier alpha value is -3.19. The third-order valence-electron chi connectivity index (χ3n) is 5.80. The summed E-state index contributed by atoms with van der Waals surface area (Å²) in [5.41, 5.74) is 2.65. The molecule has 0 radical (unpaired) electrons. The number of amides is 1. The van der Waals surface area contributed by atoms with Crippen LogP contribution >= 0.6 is 11.3 Å². The number of aromatic nitrogens is 1. The number of nitrogens with zero attached hydrogens (tertiary/aromatic N) is 1. The first-order chi connectivity index (χ1) is 17.7. The first kappa shape index (κ1) is 26.9. The third-order valence-corrected chi connectivity index (χ3v) is 7.30. The number of aliphatic hydroxyl groups is 1. The number of anilines is 1. The summed E-state index contributed by atoms with van der Waals surface area (Å²) in [6.45, 7) is 2.94. The van der Waals surface area contributed by atoms with E-state index in [2.05, 4.69) is 10.3 Å². The Morgan fingerprint density at radius 1 is 1.14 bits per heavy atom. The van der Waals surface area contributed by atoms with Crippen molar-refractivity contribution >= 4 is 33.2 Å². The highest BCUT2D eigenvalue weighted by atomic mass is 32.2. The molecule has 198 valence electrons. The highest BCUT2D eigenvalue weighted by Crippen LogP contribution is 2.33. The normalized spacial score (nSPS) is 14.6. The minimum absolute atomic E-state index is 0.106. The molecule has 0 bridgehead atoms. The fourth-order valence-corrected chi connectivity index (χ4v) is 5.29. The molecule has 1 amide bonds. The number of aryl methyl sites for hydroxylation is 1. The van der Waals surface area contributed by atoms with Crippen LogP contribution in [0.4, 0.5) is 5.69 Å². The monoisotopic (exact) mass is 547 g/mol. The van der Waals surface area contributed by atoms with Gasteiger partial charge in [0.1, 0.15) is 18.2 Å². The Labute approximate surface area is 219 Å². The summed E-state index contributed by atoms with van der Waals surface area (Å²) in [6.07, 6.45) is 0.699. The summed E-state index contributed by atoms with van der Waals surface area (Å²) in [5.74, 6) is 1.000. The average molecular weight is 548 g/mol. The molecule has 0 fully saturated rings. The number of nitrogens with one attached hydrogen (secondary N) is 2. The molecule has 2 aromatic carbocycles. The molecule has 0 saturated carbocycles. The molecule has 1 aromatic heterocycles. The summed E-state index contributed by atoms with van der Waals surface area (Å²) in [5, 5.41) is 16.4. The Morgan fingerprint density at radius 3 is 2.54 bits per heavy atom. The van der Waals surface area contributed by atoms with Gasteiger partial charge >= 0.3 is 10.3 Å². The van der Waals surface area contributed by atoms with Crippen LogP contribution in [0.25, 0.3) is 0 Å². The lowest BCUT2D eigenvalue weighted by Gasteiger charge is -2.20. The second kappa shape index (κ2) is 11.9. The van der Waals surface area contributed by atoms with Crippen LogP contribution in [0.15, 0.2) is 47.8 Å². The van der Waals surface area contributed by atoms with E-state index in [1.807, 2.05) is 17.0 Å². The van der Waals surface area contributed by atoms with Gasteiger partial charge in [-0.25, -0.2) is 4.98 Å². The second-order valence-electron chi connectivity index (χ2n) is 8.59. The van der Waals surface area contributed by atoms with Crippen LogP contribution in [0.5, 0.6) is 11.5 Å². The Bertz CT molecular complexity index is 1330. The average Bonchev–Trinajstić information content (AvgIpc) is 3.36. The lowest BCUT2D eigenvalue weighted by atomic mass is 10.0. The van der Waals surface area contributed by atoms with E-state index in [1.54, 1.807) is 30.3 Å². The van der Waals surface area contributed by atoms with Crippen molar-refractivity contribution in [3.05, 3.63) is 69.7 Å². The van der Waals surface area contributed by atoms with E-state index in [-0.39, 0.29) is 24.4 Å². The van der Waals surface area contributed by atoms with Crippen molar-refractivity contribution < 1.29 is 32.3 Å². The molecule has 0 unspecified atom stereocenters. The number of thiazole rings is 1. The maximum Gasteiger partial charge on any atom is 0.357 e. The van der Waals surface area contributed by atoms with E-state index >= 15 is 0 Å². The lowest BCUT2D eigenvalue weighted by molar-refractivity contribution is -0.122. The van der Waals surface area contributed by atoms with Crippen molar-refractivity contribution in [2.45, 2.75) is 44.8 Å². The van der Waals surface area contributed by atoms with Crippen molar-refractivity contribution in [3.63, 3.8) is 0 Å². The first-order valence-corrected chi connectivity index (χ1v) is 14.2. The van der Waals surface area contributed by atoms with Gasteiger partial charge in [0.15, 0.2) is 11.5 Å². The zero-order chi connectivity index (χ0) is 26.4. The molecule has 0 spiro atoms. The van der Waals surface area contributed by atoms with Crippen LogP contribution < -0.4 is 19.5 Å². The molecule has 3 aromatic rings. The van der Waals surface area contributed by atoms with Gasteiger partial charge in [-0.3, -0.25) is 14.1 Å².